The minimum atomic E-state index is -1.74. The van der Waals surface area contributed by atoms with Crippen LogP contribution in [0.15, 0.2) is 40.9 Å². The standard InChI is InChI=1S/C22H23BrFNO5/c1-4-29-20(26)22(21(27)30-5-2)12-17(13-6-8-14(24)9-7-13)16-10-15(28-3)11-18(23)19(16)25-22/h6-11,17,25H,4-5,12H2,1-3H3. The summed E-state index contributed by atoms with van der Waals surface area (Å²) < 4.78 is 30.1. The molecule has 0 spiro atoms. The summed E-state index contributed by atoms with van der Waals surface area (Å²) in [6.07, 6.45) is 0.0446. The summed E-state index contributed by atoms with van der Waals surface area (Å²) in [6, 6.07) is 9.56. The smallest absolute Gasteiger partial charge is 0.343 e. The van der Waals surface area contributed by atoms with E-state index >= 15 is 0 Å². The van der Waals surface area contributed by atoms with E-state index < -0.39 is 23.4 Å². The molecule has 2 aromatic rings. The van der Waals surface area contributed by atoms with Crippen LogP contribution in [0.25, 0.3) is 0 Å². The van der Waals surface area contributed by atoms with E-state index in [2.05, 4.69) is 21.2 Å². The number of hydrogen-bond donors (Lipinski definition) is 1. The number of carbonyl (C=O) groups excluding carboxylic acids is 2. The molecule has 1 atom stereocenters. The molecule has 1 aliphatic heterocycles. The number of hydrogen-bond acceptors (Lipinski definition) is 6. The SMILES string of the molecule is CCOC(=O)C1(C(=O)OCC)CC(c2ccc(F)cc2)c2cc(OC)cc(Br)c2N1. The van der Waals surface area contributed by atoms with Crippen LogP contribution < -0.4 is 10.1 Å². The first-order valence-electron chi connectivity index (χ1n) is 9.61. The maximum atomic E-state index is 13.6. The number of methoxy groups -OCH3 is 1. The predicted octanol–water partition coefficient (Wildman–Crippen LogP) is 4.41. The lowest BCUT2D eigenvalue weighted by atomic mass is 9.75. The molecular weight excluding hydrogens is 457 g/mol. The molecule has 0 fully saturated rings. The second-order valence-electron chi connectivity index (χ2n) is 6.85. The van der Waals surface area contributed by atoms with Gasteiger partial charge in [-0.15, -0.1) is 0 Å². The van der Waals surface area contributed by atoms with Gasteiger partial charge >= 0.3 is 11.9 Å². The molecule has 1 N–H and O–H groups in total. The van der Waals surface area contributed by atoms with Gasteiger partial charge in [-0.3, -0.25) is 0 Å². The van der Waals surface area contributed by atoms with Gasteiger partial charge in [0.25, 0.3) is 0 Å². The second-order valence-corrected chi connectivity index (χ2v) is 7.71. The van der Waals surface area contributed by atoms with E-state index in [9.17, 15) is 14.0 Å². The molecule has 160 valence electrons. The van der Waals surface area contributed by atoms with Crippen molar-refractivity contribution in [3.05, 3.63) is 57.8 Å². The number of benzene rings is 2. The summed E-state index contributed by atoms with van der Waals surface area (Å²) in [5.74, 6) is -1.62. The Labute approximate surface area is 182 Å². The van der Waals surface area contributed by atoms with Crippen LogP contribution in [0.3, 0.4) is 0 Å². The lowest BCUT2D eigenvalue weighted by molar-refractivity contribution is -0.163. The number of fused-ring (bicyclic) bond motifs is 1. The van der Waals surface area contributed by atoms with Crippen LogP contribution in [0.2, 0.25) is 0 Å². The highest BCUT2D eigenvalue weighted by atomic mass is 79.9. The highest BCUT2D eigenvalue weighted by Crippen LogP contribution is 2.48. The quantitative estimate of drug-likeness (QED) is 0.488. The summed E-state index contributed by atoms with van der Waals surface area (Å²) in [7, 11) is 1.55. The van der Waals surface area contributed by atoms with Gasteiger partial charge in [-0.1, -0.05) is 12.1 Å². The molecular formula is C22H23BrFNO5. The van der Waals surface area contributed by atoms with Crippen LogP contribution in [0.4, 0.5) is 10.1 Å². The van der Waals surface area contributed by atoms with Gasteiger partial charge < -0.3 is 19.5 Å². The van der Waals surface area contributed by atoms with Gasteiger partial charge in [0.2, 0.25) is 5.54 Å². The van der Waals surface area contributed by atoms with Gasteiger partial charge in [-0.05, 0) is 65.2 Å². The Bertz CT molecular complexity index is 929. The minimum Gasteiger partial charge on any atom is -0.497 e. The molecule has 0 saturated carbocycles. The predicted molar refractivity (Wildman–Crippen MR) is 113 cm³/mol. The average Bonchev–Trinajstić information content (AvgIpc) is 2.74. The van der Waals surface area contributed by atoms with Crippen LogP contribution in [0.1, 0.15) is 37.3 Å². The highest BCUT2D eigenvalue weighted by Gasteiger charge is 2.54. The molecule has 8 heteroatoms. The van der Waals surface area contributed by atoms with Gasteiger partial charge in [0.15, 0.2) is 0 Å². The van der Waals surface area contributed by atoms with E-state index in [-0.39, 0.29) is 25.5 Å². The first kappa shape index (κ1) is 22.1. The van der Waals surface area contributed by atoms with Crippen LogP contribution in [0.5, 0.6) is 5.75 Å². The van der Waals surface area contributed by atoms with Gasteiger partial charge in [-0.2, -0.15) is 0 Å². The number of halogens is 2. The molecule has 6 nitrogen and oxygen atoms in total. The fraction of sp³-hybridized carbons (Fsp3) is 0.364. The molecule has 2 aromatic carbocycles. The monoisotopic (exact) mass is 479 g/mol. The van der Waals surface area contributed by atoms with E-state index in [0.717, 1.165) is 11.1 Å². The first-order chi connectivity index (χ1) is 14.4. The van der Waals surface area contributed by atoms with E-state index in [1.165, 1.54) is 12.1 Å². The number of carbonyl (C=O) groups is 2. The van der Waals surface area contributed by atoms with Crippen molar-refractivity contribution in [2.45, 2.75) is 31.7 Å². The Hall–Kier alpha value is -2.61. The fourth-order valence-corrected chi connectivity index (χ4v) is 4.21. The summed E-state index contributed by atoms with van der Waals surface area (Å²) in [6.45, 7) is 3.57. The molecule has 3 rings (SSSR count). The molecule has 0 aromatic heterocycles. The largest absolute Gasteiger partial charge is 0.497 e. The lowest BCUT2D eigenvalue weighted by Gasteiger charge is -2.40. The normalized spacial score (nSPS) is 16.8. The maximum absolute atomic E-state index is 13.6. The molecule has 1 aliphatic rings. The van der Waals surface area contributed by atoms with Crippen LogP contribution in [-0.2, 0) is 19.1 Å². The van der Waals surface area contributed by atoms with Gasteiger partial charge in [0, 0.05) is 16.8 Å². The summed E-state index contributed by atoms with van der Waals surface area (Å²) in [4.78, 5) is 26.1. The Kier molecular flexibility index (Phi) is 6.65. The average molecular weight is 480 g/mol. The summed E-state index contributed by atoms with van der Waals surface area (Å²) >= 11 is 3.51. The zero-order valence-corrected chi connectivity index (χ0v) is 18.5. The maximum Gasteiger partial charge on any atom is 0.343 e. The summed E-state index contributed by atoms with van der Waals surface area (Å²) in [5.41, 5.74) is 0.363. The van der Waals surface area contributed by atoms with Crippen molar-refractivity contribution in [1.82, 2.24) is 0 Å². The third-order valence-corrected chi connectivity index (χ3v) is 5.70. The zero-order chi connectivity index (χ0) is 21.9. The molecule has 0 saturated heterocycles. The number of rotatable bonds is 6. The van der Waals surface area contributed by atoms with Crippen molar-refractivity contribution in [2.24, 2.45) is 0 Å². The second kappa shape index (κ2) is 9.04. The van der Waals surface area contributed by atoms with Crippen molar-refractivity contribution in [2.75, 3.05) is 25.6 Å². The Morgan fingerprint density at radius 2 is 1.73 bits per heavy atom. The number of nitrogens with one attached hydrogen (secondary N) is 1. The van der Waals surface area contributed by atoms with E-state index in [4.69, 9.17) is 14.2 Å². The molecule has 0 aliphatic carbocycles. The molecule has 30 heavy (non-hydrogen) atoms. The van der Waals surface area contributed by atoms with Crippen molar-refractivity contribution >= 4 is 33.6 Å². The van der Waals surface area contributed by atoms with Gasteiger partial charge in [0.1, 0.15) is 11.6 Å². The number of anilines is 1. The van der Waals surface area contributed by atoms with E-state index in [0.29, 0.717) is 15.9 Å². The van der Waals surface area contributed by atoms with Crippen LogP contribution in [0, 0.1) is 5.82 Å². The van der Waals surface area contributed by atoms with Crippen molar-refractivity contribution in [3.63, 3.8) is 0 Å². The number of ether oxygens (including phenoxy) is 3. The van der Waals surface area contributed by atoms with E-state index in [1.807, 2.05) is 6.07 Å². The molecule has 0 bridgehead atoms. The van der Waals surface area contributed by atoms with Crippen molar-refractivity contribution in [3.8, 4) is 5.75 Å². The topological polar surface area (TPSA) is 73.9 Å². The van der Waals surface area contributed by atoms with Crippen molar-refractivity contribution < 1.29 is 28.2 Å². The molecule has 1 unspecified atom stereocenters. The molecule has 1 heterocycles. The lowest BCUT2D eigenvalue weighted by Crippen LogP contribution is -2.58. The van der Waals surface area contributed by atoms with E-state index in [1.54, 1.807) is 39.2 Å². The minimum absolute atomic E-state index is 0.0446. The van der Waals surface area contributed by atoms with Gasteiger partial charge in [-0.25, -0.2) is 14.0 Å². The molecule has 0 radical (unpaired) electrons. The fourth-order valence-electron chi connectivity index (χ4n) is 3.66. The Balaban J connectivity index is 2.22. The highest BCUT2D eigenvalue weighted by molar-refractivity contribution is 9.10. The Morgan fingerprint density at radius 3 is 2.27 bits per heavy atom. The Morgan fingerprint density at radius 1 is 1.13 bits per heavy atom. The van der Waals surface area contributed by atoms with Crippen LogP contribution in [-0.4, -0.2) is 37.8 Å². The first-order valence-corrected chi connectivity index (χ1v) is 10.4. The summed E-state index contributed by atoms with van der Waals surface area (Å²) in [5, 5.41) is 3.08. The van der Waals surface area contributed by atoms with Gasteiger partial charge in [0.05, 0.1) is 26.0 Å². The molecule has 0 amide bonds. The van der Waals surface area contributed by atoms with Crippen LogP contribution >= 0.6 is 15.9 Å². The number of esters is 2. The van der Waals surface area contributed by atoms with Crippen molar-refractivity contribution in [1.29, 1.82) is 0 Å². The third-order valence-electron chi connectivity index (χ3n) is 5.07. The third kappa shape index (κ3) is 4.01. The zero-order valence-electron chi connectivity index (χ0n) is 17.0.